The van der Waals surface area contributed by atoms with Crippen LogP contribution in [-0.2, 0) is 11.2 Å². The van der Waals surface area contributed by atoms with Crippen LogP contribution in [0.1, 0.15) is 17.7 Å². The van der Waals surface area contributed by atoms with Crippen molar-refractivity contribution in [3.63, 3.8) is 0 Å². The Morgan fingerprint density at radius 1 is 1.53 bits per heavy atom. The first kappa shape index (κ1) is 11.1. The normalized spacial score (nSPS) is 21.7. The molecule has 1 aliphatic rings. The third kappa shape index (κ3) is 3.93. The van der Waals surface area contributed by atoms with Crippen molar-refractivity contribution < 1.29 is 4.74 Å². The van der Waals surface area contributed by atoms with Crippen molar-refractivity contribution in [2.24, 2.45) is 5.92 Å². The molecule has 0 saturated carbocycles. The topological polar surface area (TPSA) is 21.3 Å². The Balaban J connectivity index is 1.54. The van der Waals surface area contributed by atoms with Gasteiger partial charge in [0.15, 0.2) is 0 Å². The number of rotatable bonds is 5. The van der Waals surface area contributed by atoms with E-state index in [0.29, 0.717) is 0 Å². The zero-order valence-corrected chi connectivity index (χ0v) is 9.89. The number of thiophene rings is 1. The molecule has 84 valence electrons. The van der Waals surface area contributed by atoms with Gasteiger partial charge in [-0.05, 0) is 43.2 Å². The zero-order valence-electron chi connectivity index (χ0n) is 9.08. The van der Waals surface area contributed by atoms with E-state index in [1.807, 2.05) is 11.3 Å². The van der Waals surface area contributed by atoms with Crippen LogP contribution < -0.4 is 5.32 Å². The highest BCUT2D eigenvalue weighted by atomic mass is 32.1. The monoisotopic (exact) mass is 225 g/mol. The van der Waals surface area contributed by atoms with Gasteiger partial charge in [0, 0.05) is 18.0 Å². The van der Waals surface area contributed by atoms with E-state index < -0.39 is 0 Å². The molecule has 1 saturated heterocycles. The van der Waals surface area contributed by atoms with Gasteiger partial charge in [0.25, 0.3) is 0 Å². The van der Waals surface area contributed by atoms with Crippen molar-refractivity contribution >= 4 is 11.3 Å². The number of hydrogen-bond acceptors (Lipinski definition) is 3. The molecule has 1 fully saturated rings. The maximum atomic E-state index is 5.45. The second kappa shape index (κ2) is 6.26. The van der Waals surface area contributed by atoms with E-state index in [2.05, 4.69) is 22.8 Å². The fourth-order valence-electron chi connectivity index (χ4n) is 1.94. The van der Waals surface area contributed by atoms with Gasteiger partial charge in [-0.2, -0.15) is 0 Å². The van der Waals surface area contributed by atoms with Gasteiger partial charge in [0.1, 0.15) is 0 Å². The van der Waals surface area contributed by atoms with E-state index in [1.165, 1.54) is 17.7 Å². The molecule has 1 aliphatic heterocycles. The third-order valence-corrected chi connectivity index (χ3v) is 3.75. The van der Waals surface area contributed by atoms with Gasteiger partial charge in [0.2, 0.25) is 0 Å². The fourth-order valence-corrected chi connectivity index (χ4v) is 2.65. The van der Waals surface area contributed by atoms with E-state index in [0.717, 1.165) is 38.6 Å². The molecule has 1 unspecified atom stereocenters. The highest BCUT2D eigenvalue weighted by Crippen LogP contribution is 2.12. The molecule has 0 spiro atoms. The Hall–Kier alpha value is -0.380. The van der Waals surface area contributed by atoms with Crippen LogP contribution in [-0.4, -0.2) is 26.3 Å². The Bertz CT molecular complexity index is 255. The molecule has 2 nitrogen and oxygen atoms in total. The van der Waals surface area contributed by atoms with Crippen LogP contribution in [0.2, 0.25) is 0 Å². The summed E-state index contributed by atoms with van der Waals surface area (Å²) in [5.74, 6) is 0.738. The molecule has 1 aromatic rings. The SMILES string of the molecule is c1csc(CCNCC2CCCOC2)c1. The molecule has 2 rings (SSSR count). The van der Waals surface area contributed by atoms with Gasteiger partial charge < -0.3 is 10.1 Å². The van der Waals surface area contributed by atoms with Gasteiger partial charge in [-0.1, -0.05) is 6.07 Å². The van der Waals surface area contributed by atoms with E-state index in [1.54, 1.807) is 0 Å². The Labute approximate surface area is 95.6 Å². The average molecular weight is 225 g/mol. The van der Waals surface area contributed by atoms with Crippen molar-refractivity contribution in [3.8, 4) is 0 Å². The van der Waals surface area contributed by atoms with Gasteiger partial charge >= 0.3 is 0 Å². The molecule has 2 heterocycles. The summed E-state index contributed by atoms with van der Waals surface area (Å²) < 4.78 is 5.45. The van der Waals surface area contributed by atoms with Crippen LogP contribution in [0, 0.1) is 5.92 Å². The smallest absolute Gasteiger partial charge is 0.0506 e. The van der Waals surface area contributed by atoms with Gasteiger partial charge in [-0.15, -0.1) is 11.3 Å². The lowest BCUT2D eigenvalue weighted by Crippen LogP contribution is -2.30. The number of ether oxygens (including phenoxy) is 1. The lowest BCUT2D eigenvalue weighted by atomic mass is 10.0. The summed E-state index contributed by atoms with van der Waals surface area (Å²) in [6.07, 6.45) is 3.72. The van der Waals surface area contributed by atoms with E-state index in [4.69, 9.17) is 4.74 Å². The first-order valence-corrected chi connectivity index (χ1v) is 6.64. The van der Waals surface area contributed by atoms with Crippen LogP contribution in [0.15, 0.2) is 17.5 Å². The lowest BCUT2D eigenvalue weighted by molar-refractivity contribution is 0.0550. The second-order valence-electron chi connectivity index (χ2n) is 4.12. The summed E-state index contributed by atoms with van der Waals surface area (Å²) in [5, 5.41) is 5.66. The quantitative estimate of drug-likeness (QED) is 0.776. The molecule has 0 amide bonds. The molecule has 0 aliphatic carbocycles. The molecule has 15 heavy (non-hydrogen) atoms. The molecule has 0 radical (unpaired) electrons. The van der Waals surface area contributed by atoms with E-state index in [-0.39, 0.29) is 0 Å². The summed E-state index contributed by atoms with van der Waals surface area (Å²) in [6, 6.07) is 4.32. The lowest BCUT2D eigenvalue weighted by Gasteiger charge is -2.22. The first-order valence-electron chi connectivity index (χ1n) is 5.76. The molecule has 1 N–H and O–H groups in total. The largest absolute Gasteiger partial charge is 0.381 e. The van der Waals surface area contributed by atoms with Crippen molar-refractivity contribution in [1.82, 2.24) is 5.32 Å². The highest BCUT2D eigenvalue weighted by molar-refractivity contribution is 7.09. The average Bonchev–Trinajstić information content (AvgIpc) is 2.79. The van der Waals surface area contributed by atoms with E-state index in [9.17, 15) is 0 Å². The Morgan fingerprint density at radius 3 is 3.27 bits per heavy atom. The van der Waals surface area contributed by atoms with Crippen LogP contribution >= 0.6 is 11.3 Å². The fraction of sp³-hybridized carbons (Fsp3) is 0.667. The maximum absolute atomic E-state index is 5.45. The predicted octanol–water partition coefficient (Wildman–Crippen LogP) is 2.31. The number of hydrogen-bond donors (Lipinski definition) is 1. The standard InChI is InChI=1S/C12H19NOS/c1-3-11(10-14-7-1)9-13-6-5-12-4-2-8-15-12/h2,4,8,11,13H,1,3,5-7,9-10H2. The van der Waals surface area contributed by atoms with Crippen molar-refractivity contribution in [2.75, 3.05) is 26.3 Å². The van der Waals surface area contributed by atoms with Crippen LogP contribution in [0.25, 0.3) is 0 Å². The molecular weight excluding hydrogens is 206 g/mol. The van der Waals surface area contributed by atoms with Crippen LogP contribution in [0.3, 0.4) is 0 Å². The maximum Gasteiger partial charge on any atom is 0.0506 e. The molecule has 1 aromatic heterocycles. The summed E-state index contributed by atoms with van der Waals surface area (Å²) >= 11 is 1.84. The van der Waals surface area contributed by atoms with Gasteiger partial charge in [0.05, 0.1) is 6.61 Å². The molecule has 0 aromatic carbocycles. The molecule has 3 heteroatoms. The summed E-state index contributed by atoms with van der Waals surface area (Å²) in [6.45, 7) is 4.13. The second-order valence-corrected chi connectivity index (χ2v) is 5.15. The minimum absolute atomic E-state index is 0.738. The highest BCUT2D eigenvalue weighted by Gasteiger charge is 2.12. The summed E-state index contributed by atoms with van der Waals surface area (Å²) in [7, 11) is 0. The zero-order chi connectivity index (χ0) is 10.3. The Kier molecular flexibility index (Phi) is 4.64. The van der Waals surface area contributed by atoms with Crippen molar-refractivity contribution in [3.05, 3.63) is 22.4 Å². The minimum Gasteiger partial charge on any atom is -0.381 e. The van der Waals surface area contributed by atoms with Gasteiger partial charge in [-0.25, -0.2) is 0 Å². The van der Waals surface area contributed by atoms with Crippen molar-refractivity contribution in [1.29, 1.82) is 0 Å². The minimum atomic E-state index is 0.738. The third-order valence-electron chi connectivity index (χ3n) is 2.82. The van der Waals surface area contributed by atoms with E-state index >= 15 is 0 Å². The first-order chi connectivity index (χ1) is 7.45. The molecule has 0 bridgehead atoms. The van der Waals surface area contributed by atoms with Crippen LogP contribution in [0.4, 0.5) is 0 Å². The summed E-state index contributed by atoms with van der Waals surface area (Å²) in [5.41, 5.74) is 0. The van der Waals surface area contributed by atoms with Gasteiger partial charge in [-0.3, -0.25) is 0 Å². The molecule has 1 atom stereocenters. The summed E-state index contributed by atoms with van der Waals surface area (Å²) in [4.78, 5) is 1.47. The van der Waals surface area contributed by atoms with Crippen LogP contribution in [0.5, 0.6) is 0 Å². The number of nitrogens with one attached hydrogen (secondary N) is 1. The molecular formula is C12H19NOS. The predicted molar refractivity (Wildman–Crippen MR) is 64.4 cm³/mol. The Morgan fingerprint density at radius 2 is 2.53 bits per heavy atom. The van der Waals surface area contributed by atoms with Crippen molar-refractivity contribution in [2.45, 2.75) is 19.3 Å².